The van der Waals surface area contributed by atoms with Crippen molar-refractivity contribution < 1.29 is 27.6 Å². The number of halogens is 3. The molecule has 28 heavy (non-hydrogen) atoms. The van der Waals surface area contributed by atoms with E-state index in [1.165, 1.54) is 15.8 Å². The van der Waals surface area contributed by atoms with Crippen LogP contribution in [0.4, 0.5) is 13.2 Å². The first-order chi connectivity index (χ1) is 13.1. The first kappa shape index (κ1) is 21.8. The van der Waals surface area contributed by atoms with Gasteiger partial charge >= 0.3 is 12.1 Å². The van der Waals surface area contributed by atoms with Crippen molar-refractivity contribution >= 4 is 27.5 Å². The Morgan fingerprint density at radius 2 is 2.11 bits per heavy atom. The Morgan fingerprint density at radius 1 is 1.43 bits per heavy atom. The number of alkyl halides is 3. The van der Waals surface area contributed by atoms with Crippen LogP contribution in [-0.4, -0.2) is 27.4 Å². The number of pyridine rings is 1. The molecule has 0 aliphatic rings. The third kappa shape index (κ3) is 5.52. The Labute approximate surface area is 163 Å². The van der Waals surface area contributed by atoms with Crippen molar-refractivity contribution in [3.63, 3.8) is 0 Å². The largest absolute Gasteiger partial charge is 0.490 e. The number of hydrogen-bond donors (Lipinski definition) is 2. The molecular weight excluding hydrogens is 395 g/mol. The smallest absolute Gasteiger partial charge is 0.475 e. The van der Waals surface area contributed by atoms with E-state index < -0.39 is 12.1 Å². The van der Waals surface area contributed by atoms with Gasteiger partial charge in [0.1, 0.15) is 5.76 Å². The Morgan fingerprint density at radius 3 is 2.71 bits per heavy atom. The molecule has 0 aliphatic carbocycles. The topological polar surface area (TPSA) is 88.3 Å². The summed E-state index contributed by atoms with van der Waals surface area (Å²) in [6, 6.07) is 4.50. The molecule has 0 saturated heterocycles. The number of hydrogen-bond acceptors (Lipinski definition) is 6. The molecule has 0 fully saturated rings. The van der Waals surface area contributed by atoms with Crippen molar-refractivity contribution in [2.45, 2.75) is 46.0 Å². The summed E-state index contributed by atoms with van der Waals surface area (Å²) in [5.74, 6) is -1.86. The highest BCUT2D eigenvalue weighted by atomic mass is 32.1. The van der Waals surface area contributed by atoms with Gasteiger partial charge in [-0.15, -0.1) is 11.3 Å². The van der Waals surface area contributed by atoms with E-state index in [0.29, 0.717) is 0 Å². The summed E-state index contributed by atoms with van der Waals surface area (Å²) in [5.41, 5.74) is 4.49. The van der Waals surface area contributed by atoms with Crippen molar-refractivity contribution in [3.05, 3.63) is 46.3 Å². The molecule has 0 bridgehead atoms. The lowest BCUT2D eigenvalue weighted by Gasteiger charge is -2.14. The summed E-state index contributed by atoms with van der Waals surface area (Å²) >= 11 is 1.73. The van der Waals surface area contributed by atoms with Crippen LogP contribution in [0.5, 0.6) is 0 Å². The van der Waals surface area contributed by atoms with Gasteiger partial charge in [-0.2, -0.15) is 13.2 Å². The second-order valence-corrected chi connectivity index (χ2v) is 6.94. The molecule has 0 aromatic carbocycles. The third-order valence-electron chi connectivity index (χ3n) is 4.05. The molecule has 3 aromatic heterocycles. The van der Waals surface area contributed by atoms with E-state index in [1.807, 2.05) is 13.1 Å². The lowest BCUT2D eigenvalue weighted by molar-refractivity contribution is -0.192. The van der Waals surface area contributed by atoms with Gasteiger partial charge in [0, 0.05) is 24.3 Å². The fraction of sp³-hybridized carbons (Fsp3) is 0.389. The Bertz CT molecular complexity index is 937. The maximum atomic E-state index is 10.6. The van der Waals surface area contributed by atoms with Crippen LogP contribution in [0.3, 0.4) is 0 Å². The molecule has 1 unspecified atom stereocenters. The lowest BCUT2D eigenvalue weighted by Crippen LogP contribution is -2.21. The highest BCUT2D eigenvalue weighted by molar-refractivity contribution is 7.17. The average molecular weight is 415 g/mol. The van der Waals surface area contributed by atoms with Gasteiger partial charge in [-0.1, -0.05) is 12.1 Å². The molecule has 0 aliphatic heterocycles. The Hall–Kier alpha value is -2.46. The zero-order valence-electron chi connectivity index (χ0n) is 15.5. The van der Waals surface area contributed by atoms with Crippen LogP contribution in [0.2, 0.25) is 0 Å². The fourth-order valence-corrected chi connectivity index (χ4v) is 3.20. The van der Waals surface area contributed by atoms with E-state index in [9.17, 15) is 13.2 Å². The van der Waals surface area contributed by atoms with Gasteiger partial charge in [-0.3, -0.25) is 4.98 Å². The molecule has 152 valence electrons. The van der Waals surface area contributed by atoms with E-state index in [0.717, 1.165) is 29.9 Å². The van der Waals surface area contributed by atoms with Crippen LogP contribution < -0.4 is 5.32 Å². The van der Waals surface area contributed by atoms with E-state index >= 15 is 0 Å². The first-order valence-corrected chi connectivity index (χ1v) is 9.32. The second kappa shape index (κ2) is 9.16. The predicted molar refractivity (Wildman–Crippen MR) is 99.2 cm³/mol. The fourth-order valence-electron chi connectivity index (χ4n) is 2.41. The predicted octanol–water partition coefficient (Wildman–Crippen LogP) is 4.64. The molecule has 1 atom stereocenters. The number of aryl methyl sites for hydroxylation is 2. The molecule has 0 radical (unpaired) electrons. The minimum Gasteiger partial charge on any atom is -0.475 e. The number of rotatable bonds is 5. The summed E-state index contributed by atoms with van der Waals surface area (Å²) in [7, 11) is 0. The third-order valence-corrected chi connectivity index (χ3v) is 4.91. The van der Waals surface area contributed by atoms with Gasteiger partial charge in [0.15, 0.2) is 0 Å². The van der Waals surface area contributed by atoms with Crippen LogP contribution >= 0.6 is 11.3 Å². The molecular formula is C18H20F3N3O3S. The molecule has 6 nitrogen and oxygen atoms in total. The number of thiophene rings is 1. The van der Waals surface area contributed by atoms with Crippen molar-refractivity contribution in [2.75, 3.05) is 0 Å². The molecule has 2 N–H and O–H groups in total. The molecule has 10 heteroatoms. The van der Waals surface area contributed by atoms with Crippen molar-refractivity contribution in [3.8, 4) is 0 Å². The zero-order chi connectivity index (χ0) is 20.9. The SMILES string of the molecule is CCc1noc(C)c1CNC(C)c1cnc2ccsc2c1.O=C(O)C(F)(F)F. The average Bonchev–Trinajstić information content (AvgIpc) is 3.24. The second-order valence-electron chi connectivity index (χ2n) is 6.00. The Kier molecular flexibility index (Phi) is 7.14. The molecule has 0 amide bonds. The minimum atomic E-state index is -5.08. The summed E-state index contributed by atoms with van der Waals surface area (Å²) < 4.78 is 38.2. The number of aliphatic carboxylic acids is 1. The van der Waals surface area contributed by atoms with Crippen LogP contribution in [0, 0.1) is 6.92 Å². The van der Waals surface area contributed by atoms with Crippen molar-refractivity contribution in [1.82, 2.24) is 15.5 Å². The van der Waals surface area contributed by atoms with E-state index in [1.54, 1.807) is 11.3 Å². The van der Waals surface area contributed by atoms with Crippen LogP contribution in [0.15, 0.2) is 28.2 Å². The molecule has 0 spiro atoms. The van der Waals surface area contributed by atoms with Gasteiger partial charge < -0.3 is 14.9 Å². The van der Waals surface area contributed by atoms with E-state index in [-0.39, 0.29) is 6.04 Å². The van der Waals surface area contributed by atoms with Gasteiger partial charge in [-0.25, -0.2) is 4.79 Å². The highest BCUT2D eigenvalue weighted by Crippen LogP contribution is 2.23. The van der Waals surface area contributed by atoms with Gasteiger partial charge in [0.2, 0.25) is 0 Å². The molecule has 3 aromatic rings. The van der Waals surface area contributed by atoms with Crippen LogP contribution in [0.25, 0.3) is 10.2 Å². The maximum Gasteiger partial charge on any atom is 0.490 e. The molecule has 3 rings (SSSR count). The number of fused-ring (bicyclic) bond motifs is 1. The first-order valence-electron chi connectivity index (χ1n) is 8.44. The van der Waals surface area contributed by atoms with Crippen molar-refractivity contribution in [2.24, 2.45) is 0 Å². The number of carboxylic acids is 1. The molecule has 3 heterocycles. The Balaban J connectivity index is 0.000000345. The quantitative estimate of drug-likeness (QED) is 0.631. The number of carboxylic acid groups (broad SMARTS) is 1. The summed E-state index contributed by atoms with van der Waals surface area (Å²) in [6.45, 7) is 6.99. The van der Waals surface area contributed by atoms with Crippen molar-refractivity contribution in [1.29, 1.82) is 0 Å². The number of nitrogens with zero attached hydrogens (tertiary/aromatic N) is 2. The monoisotopic (exact) mass is 415 g/mol. The maximum absolute atomic E-state index is 10.6. The molecule has 0 saturated carbocycles. The minimum absolute atomic E-state index is 0.239. The normalized spacial score (nSPS) is 12.5. The van der Waals surface area contributed by atoms with E-state index in [2.05, 4.69) is 46.8 Å². The van der Waals surface area contributed by atoms with Gasteiger partial charge in [0.05, 0.1) is 15.9 Å². The van der Waals surface area contributed by atoms with E-state index in [4.69, 9.17) is 14.4 Å². The number of nitrogens with one attached hydrogen (secondary N) is 1. The van der Waals surface area contributed by atoms with Crippen LogP contribution in [-0.2, 0) is 17.8 Å². The number of aromatic nitrogens is 2. The zero-order valence-corrected chi connectivity index (χ0v) is 16.3. The summed E-state index contributed by atoms with van der Waals surface area (Å²) in [6.07, 6.45) is -2.24. The standard InChI is InChI=1S/C16H19N3OS.C2HF3O2/c1-4-14-13(11(3)20-19-14)9-17-10(2)12-7-16-15(18-8-12)5-6-21-16;3-2(4,5)1(6)7/h5-8,10,17H,4,9H2,1-3H3;(H,6,7). The van der Waals surface area contributed by atoms with Crippen LogP contribution in [0.1, 0.15) is 42.5 Å². The summed E-state index contributed by atoms with van der Waals surface area (Å²) in [4.78, 5) is 13.4. The number of carbonyl (C=O) groups is 1. The van der Waals surface area contributed by atoms with Gasteiger partial charge in [-0.05, 0) is 43.3 Å². The lowest BCUT2D eigenvalue weighted by atomic mass is 10.1. The highest BCUT2D eigenvalue weighted by Gasteiger charge is 2.38. The van der Waals surface area contributed by atoms with Gasteiger partial charge in [0.25, 0.3) is 0 Å². The summed E-state index contributed by atoms with van der Waals surface area (Å²) in [5, 5.41) is 16.8.